The normalized spacial score (nSPS) is 19.5. The number of nitrogens with zero attached hydrogens (tertiary/aromatic N) is 2. The van der Waals surface area contributed by atoms with Crippen LogP contribution in [-0.4, -0.2) is 62.1 Å². The average Bonchev–Trinajstić information content (AvgIpc) is 3.13. The van der Waals surface area contributed by atoms with Gasteiger partial charge in [-0.15, -0.1) is 0 Å². The SMILES string of the molecule is CO[C@@H]1CN(Cc2ccc(C(=O)Nc3ccc(C)c(N)c3)cc2C(F)(F)F)C[C@H]1N(C)C. The van der Waals surface area contributed by atoms with Crippen LogP contribution in [0.3, 0.4) is 0 Å². The van der Waals surface area contributed by atoms with Crippen molar-refractivity contribution in [2.45, 2.75) is 31.8 Å². The summed E-state index contributed by atoms with van der Waals surface area (Å²) in [6.07, 6.45) is -4.66. The van der Waals surface area contributed by atoms with Gasteiger partial charge in [0.15, 0.2) is 0 Å². The summed E-state index contributed by atoms with van der Waals surface area (Å²) < 4.78 is 47.0. The quantitative estimate of drug-likeness (QED) is 0.658. The molecule has 2 atom stereocenters. The number of likely N-dealkylation sites (tertiary alicyclic amines) is 1. The second-order valence-electron chi connectivity index (χ2n) is 8.39. The zero-order valence-electron chi connectivity index (χ0n) is 18.7. The molecule has 3 rings (SSSR count). The van der Waals surface area contributed by atoms with Gasteiger partial charge in [0.25, 0.3) is 5.91 Å². The molecule has 3 N–H and O–H groups in total. The highest BCUT2D eigenvalue weighted by atomic mass is 19.4. The highest BCUT2D eigenvalue weighted by molar-refractivity contribution is 6.04. The van der Waals surface area contributed by atoms with Crippen molar-refractivity contribution in [3.63, 3.8) is 0 Å². The van der Waals surface area contributed by atoms with Crippen molar-refractivity contribution in [1.82, 2.24) is 9.80 Å². The van der Waals surface area contributed by atoms with E-state index in [1.165, 1.54) is 12.1 Å². The predicted octanol–water partition coefficient (Wildman–Crippen LogP) is 3.61. The van der Waals surface area contributed by atoms with Gasteiger partial charge >= 0.3 is 6.18 Å². The van der Waals surface area contributed by atoms with Crippen molar-refractivity contribution in [1.29, 1.82) is 0 Å². The Morgan fingerprint density at radius 1 is 1.22 bits per heavy atom. The molecule has 0 saturated carbocycles. The third-order valence-electron chi connectivity index (χ3n) is 5.89. The van der Waals surface area contributed by atoms with Gasteiger partial charge < -0.3 is 20.7 Å². The molecule has 0 bridgehead atoms. The molecule has 6 nitrogen and oxygen atoms in total. The summed E-state index contributed by atoms with van der Waals surface area (Å²) in [4.78, 5) is 16.6. The lowest BCUT2D eigenvalue weighted by Gasteiger charge is -2.24. The molecule has 1 fully saturated rings. The van der Waals surface area contributed by atoms with Crippen LogP contribution >= 0.6 is 0 Å². The molecule has 1 heterocycles. The third-order valence-corrected chi connectivity index (χ3v) is 5.89. The molecular formula is C23H29F3N4O2. The topological polar surface area (TPSA) is 70.8 Å². The number of carbonyl (C=O) groups excluding carboxylic acids is 1. The van der Waals surface area contributed by atoms with E-state index >= 15 is 0 Å². The van der Waals surface area contributed by atoms with E-state index < -0.39 is 17.6 Å². The lowest BCUT2D eigenvalue weighted by molar-refractivity contribution is -0.138. The minimum Gasteiger partial charge on any atom is -0.398 e. The van der Waals surface area contributed by atoms with Gasteiger partial charge in [0.2, 0.25) is 0 Å². The first-order valence-corrected chi connectivity index (χ1v) is 10.3. The minimum absolute atomic E-state index is 0.0671. The van der Waals surface area contributed by atoms with Crippen LogP contribution in [0.5, 0.6) is 0 Å². The molecule has 1 aliphatic rings. The molecule has 1 aliphatic heterocycles. The van der Waals surface area contributed by atoms with E-state index in [9.17, 15) is 18.0 Å². The van der Waals surface area contributed by atoms with Crippen LogP contribution in [0.1, 0.15) is 27.0 Å². The summed E-state index contributed by atoms with van der Waals surface area (Å²) >= 11 is 0. The molecule has 1 saturated heterocycles. The lowest BCUT2D eigenvalue weighted by atomic mass is 10.0. The van der Waals surface area contributed by atoms with Gasteiger partial charge in [0, 0.05) is 49.7 Å². The average molecular weight is 451 g/mol. The first-order chi connectivity index (χ1) is 15.0. The third kappa shape index (κ3) is 5.40. The fourth-order valence-corrected chi connectivity index (χ4v) is 3.97. The zero-order chi connectivity index (χ0) is 23.6. The van der Waals surface area contributed by atoms with Gasteiger partial charge in [-0.05, 0) is 56.4 Å². The van der Waals surface area contributed by atoms with Crippen LogP contribution in [0, 0.1) is 6.92 Å². The maximum absolute atomic E-state index is 13.8. The summed E-state index contributed by atoms with van der Waals surface area (Å²) in [5, 5.41) is 2.61. The number of aryl methyl sites for hydroxylation is 1. The standard InChI is InChI=1S/C23H29F3N4O2/c1-14-5-8-17(10-19(14)27)28-22(31)15-6-7-16(18(9-15)23(24,25)26)11-30-12-20(29(2)3)21(13-30)32-4/h5-10,20-21H,11-13,27H2,1-4H3,(H,28,31)/t20-,21-/m1/s1. The number of hydrogen-bond donors (Lipinski definition) is 2. The molecule has 174 valence electrons. The van der Waals surface area contributed by atoms with Gasteiger partial charge in [0.1, 0.15) is 0 Å². The highest BCUT2D eigenvalue weighted by Gasteiger charge is 2.37. The van der Waals surface area contributed by atoms with Crippen LogP contribution in [0.2, 0.25) is 0 Å². The highest BCUT2D eigenvalue weighted by Crippen LogP contribution is 2.34. The molecule has 2 aromatic carbocycles. The Hall–Kier alpha value is -2.62. The molecule has 2 aromatic rings. The number of amides is 1. The minimum atomic E-state index is -4.58. The number of methoxy groups -OCH3 is 1. The number of nitrogens with two attached hydrogens (primary N) is 1. The molecule has 0 radical (unpaired) electrons. The summed E-state index contributed by atoms with van der Waals surface area (Å²) in [5.74, 6) is -0.626. The van der Waals surface area contributed by atoms with E-state index in [0.717, 1.165) is 11.6 Å². The van der Waals surface area contributed by atoms with Crippen LogP contribution in [0.4, 0.5) is 24.5 Å². The summed E-state index contributed by atoms with van der Waals surface area (Å²) in [6, 6.07) is 8.78. The Bertz CT molecular complexity index is 978. The van der Waals surface area contributed by atoms with E-state index in [1.54, 1.807) is 25.3 Å². The molecule has 0 aliphatic carbocycles. The van der Waals surface area contributed by atoms with Crippen LogP contribution in [0.25, 0.3) is 0 Å². The van der Waals surface area contributed by atoms with Crippen molar-refractivity contribution in [2.75, 3.05) is 45.3 Å². The number of hydrogen-bond acceptors (Lipinski definition) is 5. The van der Waals surface area contributed by atoms with E-state index in [-0.39, 0.29) is 29.8 Å². The van der Waals surface area contributed by atoms with Crippen molar-refractivity contribution in [2.24, 2.45) is 0 Å². The molecule has 0 unspecified atom stereocenters. The van der Waals surface area contributed by atoms with Gasteiger partial charge in [-0.1, -0.05) is 12.1 Å². The number of nitrogen functional groups attached to an aromatic ring is 1. The molecule has 32 heavy (non-hydrogen) atoms. The largest absolute Gasteiger partial charge is 0.416 e. The van der Waals surface area contributed by atoms with Crippen molar-refractivity contribution in [3.05, 3.63) is 58.7 Å². The lowest BCUT2D eigenvalue weighted by Crippen LogP contribution is -2.39. The Balaban J connectivity index is 1.82. The Labute approximate surface area is 186 Å². The zero-order valence-corrected chi connectivity index (χ0v) is 18.7. The smallest absolute Gasteiger partial charge is 0.398 e. The van der Waals surface area contributed by atoms with E-state index in [0.29, 0.717) is 24.5 Å². The van der Waals surface area contributed by atoms with Crippen molar-refractivity contribution < 1.29 is 22.7 Å². The number of anilines is 2. The number of halogens is 3. The second kappa shape index (κ2) is 9.48. The number of ether oxygens (including phenoxy) is 1. The molecular weight excluding hydrogens is 421 g/mol. The van der Waals surface area contributed by atoms with Gasteiger partial charge in [0.05, 0.1) is 11.7 Å². The molecule has 1 amide bonds. The van der Waals surface area contributed by atoms with Crippen molar-refractivity contribution in [3.8, 4) is 0 Å². The van der Waals surface area contributed by atoms with E-state index in [4.69, 9.17) is 10.5 Å². The first-order valence-electron chi connectivity index (χ1n) is 10.3. The van der Waals surface area contributed by atoms with E-state index in [1.807, 2.05) is 30.8 Å². The van der Waals surface area contributed by atoms with E-state index in [2.05, 4.69) is 5.32 Å². The Kier molecular flexibility index (Phi) is 7.12. The first kappa shape index (κ1) is 24.0. The fourth-order valence-electron chi connectivity index (χ4n) is 3.97. The maximum atomic E-state index is 13.8. The van der Waals surface area contributed by atoms with Gasteiger partial charge in [-0.3, -0.25) is 9.69 Å². The number of carbonyl (C=O) groups is 1. The monoisotopic (exact) mass is 450 g/mol. The predicted molar refractivity (Wildman–Crippen MR) is 119 cm³/mol. The summed E-state index contributed by atoms with van der Waals surface area (Å²) in [6.45, 7) is 3.08. The summed E-state index contributed by atoms with van der Waals surface area (Å²) in [7, 11) is 5.47. The maximum Gasteiger partial charge on any atom is 0.416 e. The molecule has 9 heteroatoms. The number of rotatable bonds is 6. The summed E-state index contributed by atoms with van der Waals surface area (Å²) in [5.41, 5.74) is 6.86. The van der Waals surface area contributed by atoms with Crippen molar-refractivity contribution >= 4 is 17.3 Å². The second-order valence-corrected chi connectivity index (χ2v) is 8.39. The molecule has 0 spiro atoms. The van der Waals surface area contributed by atoms with Crippen LogP contribution in [-0.2, 0) is 17.5 Å². The Morgan fingerprint density at radius 2 is 1.94 bits per heavy atom. The van der Waals surface area contributed by atoms with Crippen LogP contribution < -0.4 is 11.1 Å². The number of alkyl halides is 3. The number of nitrogens with one attached hydrogen (secondary N) is 1. The number of likely N-dealkylation sites (N-methyl/N-ethyl adjacent to an activating group) is 1. The Morgan fingerprint density at radius 3 is 2.50 bits per heavy atom. The molecule has 0 aromatic heterocycles. The van der Waals surface area contributed by atoms with Gasteiger partial charge in [-0.25, -0.2) is 0 Å². The fraction of sp³-hybridized carbons (Fsp3) is 0.435. The van der Waals surface area contributed by atoms with Crippen LogP contribution in [0.15, 0.2) is 36.4 Å². The number of benzene rings is 2. The van der Waals surface area contributed by atoms with Gasteiger partial charge in [-0.2, -0.15) is 13.2 Å².